The van der Waals surface area contributed by atoms with E-state index in [1.807, 2.05) is 24.3 Å². The summed E-state index contributed by atoms with van der Waals surface area (Å²) in [6, 6.07) is 10.6. The van der Waals surface area contributed by atoms with Crippen LogP contribution < -0.4 is 10.2 Å². The lowest BCUT2D eigenvalue weighted by Gasteiger charge is -2.21. The Kier molecular flexibility index (Phi) is 3.81. The summed E-state index contributed by atoms with van der Waals surface area (Å²) in [5.41, 5.74) is 1.63. The number of nitrogens with one attached hydrogen (secondary N) is 1. The van der Waals surface area contributed by atoms with Gasteiger partial charge < -0.3 is 10.2 Å². The summed E-state index contributed by atoms with van der Waals surface area (Å²) in [6.07, 6.45) is 3.63. The molecular weight excluding hydrogens is 269 g/mol. The smallest absolute Gasteiger partial charge is 0.260 e. The summed E-state index contributed by atoms with van der Waals surface area (Å²) in [5.74, 6) is -1.24. The molecule has 1 aromatic heterocycles. The van der Waals surface area contributed by atoms with E-state index in [0.717, 1.165) is 31.6 Å². The summed E-state index contributed by atoms with van der Waals surface area (Å²) in [7, 11) is 0. The summed E-state index contributed by atoms with van der Waals surface area (Å²) in [4.78, 5) is 17.9. The molecule has 1 amide bonds. The number of amides is 1. The molecule has 4 nitrogen and oxygen atoms in total. The Hall–Kier alpha value is -2.43. The molecule has 3 rings (SSSR count). The van der Waals surface area contributed by atoms with Gasteiger partial charge in [0.2, 0.25) is 5.95 Å². The summed E-state index contributed by atoms with van der Waals surface area (Å²) < 4.78 is 13.6. The van der Waals surface area contributed by atoms with Gasteiger partial charge in [0.05, 0.1) is 16.9 Å². The lowest BCUT2D eigenvalue weighted by molar-refractivity contribution is 0.102. The van der Waals surface area contributed by atoms with Crippen molar-refractivity contribution in [1.82, 2.24) is 4.98 Å². The number of benzene rings is 1. The van der Waals surface area contributed by atoms with E-state index in [4.69, 9.17) is 0 Å². The van der Waals surface area contributed by atoms with Crippen LogP contribution in [0.1, 0.15) is 23.2 Å². The fourth-order valence-corrected chi connectivity index (χ4v) is 2.56. The predicted molar refractivity (Wildman–Crippen MR) is 80.0 cm³/mol. The highest BCUT2D eigenvalue weighted by atomic mass is 19.1. The molecule has 0 unspecified atom stereocenters. The average Bonchev–Trinajstić information content (AvgIpc) is 3.02. The normalized spacial score (nSPS) is 14.2. The summed E-state index contributed by atoms with van der Waals surface area (Å²) in [6.45, 7) is 1.96. The zero-order valence-electron chi connectivity index (χ0n) is 11.6. The number of para-hydroxylation sites is 2. The van der Waals surface area contributed by atoms with Crippen LogP contribution in [0.2, 0.25) is 0 Å². The third kappa shape index (κ3) is 2.86. The first-order chi connectivity index (χ1) is 10.3. The number of nitrogens with zero attached hydrogens (tertiary/aromatic N) is 2. The maximum absolute atomic E-state index is 13.6. The van der Waals surface area contributed by atoms with Crippen LogP contribution in [0.3, 0.4) is 0 Å². The van der Waals surface area contributed by atoms with Crippen molar-refractivity contribution in [1.29, 1.82) is 0 Å². The average molecular weight is 285 g/mol. The van der Waals surface area contributed by atoms with Gasteiger partial charge in [-0.25, -0.2) is 4.98 Å². The highest BCUT2D eigenvalue weighted by Gasteiger charge is 2.18. The van der Waals surface area contributed by atoms with Gasteiger partial charge in [-0.2, -0.15) is 4.39 Å². The van der Waals surface area contributed by atoms with Gasteiger partial charge in [0, 0.05) is 19.3 Å². The Labute approximate surface area is 122 Å². The van der Waals surface area contributed by atoms with Crippen molar-refractivity contribution in [3.05, 3.63) is 54.1 Å². The van der Waals surface area contributed by atoms with Crippen LogP contribution in [0.5, 0.6) is 0 Å². The number of anilines is 2. The van der Waals surface area contributed by atoms with E-state index in [1.165, 1.54) is 12.3 Å². The highest BCUT2D eigenvalue weighted by Crippen LogP contribution is 2.29. The van der Waals surface area contributed by atoms with Crippen LogP contribution in [0, 0.1) is 5.95 Å². The molecule has 0 saturated carbocycles. The molecule has 21 heavy (non-hydrogen) atoms. The SMILES string of the molecule is O=C(Nc1ccccc1N1CCCC1)c1cccnc1F. The first-order valence-corrected chi connectivity index (χ1v) is 7.01. The standard InChI is InChI=1S/C16H16FN3O/c17-15-12(6-5-9-18-15)16(21)19-13-7-1-2-8-14(13)20-10-3-4-11-20/h1-2,5-9H,3-4,10-11H2,(H,19,21). The lowest BCUT2D eigenvalue weighted by atomic mass is 10.2. The van der Waals surface area contributed by atoms with Gasteiger partial charge in [-0.05, 0) is 37.1 Å². The summed E-state index contributed by atoms with van der Waals surface area (Å²) in [5, 5.41) is 2.78. The molecule has 1 aliphatic rings. The zero-order chi connectivity index (χ0) is 14.7. The molecule has 2 heterocycles. The topological polar surface area (TPSA) is 45.2 Å². The second kappa shape index (κ2) is 5.91. The zero-order valence-corrected chi connectivity index (χ0v) is 11.6. The number of rotatable bonds is 3. The molecule has 1 fully saturated rings. The van der Waals surface area contributed by atoms with Crippen molar-refractivity contribution >= 4 is 17.3 Å². The fourth-order valence-electron chi connectivity index (χ4n) is 2.56. The Morgan fingerprint density at radius 2 is 1.90 bits per heavy atom. The molecule has 0 atom stereocenters. The number of carbonyl (C=O) groups is 1. The van der Waals surface area contributed by atoms with Crippen LogP contribution in [0.4, 0.5) is 15.8 Å². The van der Waals surface area contributed by atoms with Crippen molar-refractivity contribution in [3.8, 4) is 0 Å². The largest absolute Gasteiger partial charge is 0.370 e. The van der Waals surface area contributed by atoms with E-state index >= 15 is 0 Å². The Bertz CT molecular complexity index is 653. The fraction of sp³-hybridized carbons (Fsp3) is 0.250. The number of hydrogen-bond donors (Lipinski definition) is 1. The van der Waals surface area contributed by atoms with Crippen molar-refractivity contribution < 1.29 is 9.18 Å². The van der Waals surface area contributed by atoms with Gasteiger partial charge in [-0.3, -0.25) is 4.79 Å². The molecule has 1 saturated heterocycles. The van der Waals surface area contributed by atoms with E-state index < -0.39 is 11.9 Å². The molecule has 1 aromatic carbocycles. The van der Waals surface area contributed by atoms with Crippen LogP contribution in [-0.2, 0) is 0 Å². The minimum Gasteiger partial charge on any atom is -0.370 e. The molecule has 0 bridgehead atoms. The van der Waals surface area contributed by atoms with E-state index in [1.54, 1.807) is 6.07 Å². The van der Waals surface area contributed by atoms with Gasteiger partial charge in [-0.1, -0.05) is 12.1 Å². The Balaban J connectivity index is 1.85. The van der Waals surface area contributed by atoms with E-state index in [-0.39, 0.29) is 5.56 Å². The van der Waals surface area contributed by atoms with Gasteiger partial charge in [0.25, 0.3) is 5.91 Å². The first-order valence-electron chi connectivity index (χ1n) is 7.01. The van der Waals surface area contributed by atoms with Gasteiger partial charge in [-0.15, -0.1) is 0 Å². The highest BCUT2D eigenvalue weighted by molar-refractivity contribution is 6.05. The molecule has 5 heteroatoms. The Morgan fingerprint density at radius 3 is 2.67 bits per heavy atom. The number of aromatic nitrogens is 1. The molecule has 2 aromatic rings. The Morgan fingerprint density at radius 1 is 1.14 bits per heavy atom. The summed E-state index contributed by atoms with van der Waals surface area (Å²) >= 11 is 0. The van der Waals surface area contributed by atoms with Crippen LogP contribution in [0.25, 0.3) is 0 Å². The van der Waals surface area contributed by atoms with E-state index in [0.29, 0.717) is 5.69 Å². The molecular formula is C16H16FN3O. The molecule has 0 spiro atoms. The molecule has 1 N–H and O–H groups in total. The third-order valence-corrected chi connectivity index (χ3v) is 3.60. The minimum atomic E-state index is -0.756. The number of pyridine rings is 1. The van der Waals surface area contributed by atoms with Crippen LogP contribution >= 0.6 is 0 Å². The predicted octanol–water partition coefficient (Wildman–Crippen LogP) is 3.07. The third-order valence-electron chi connectivity index (χ3n) is 3.60. The van der Waals surface area contributed by atoms with Gasteiger partial charge in [0.1, 0.15) is 0 Å². The maximum Gasteiger partial charge on any atom is 0.260 e. The van der Waals surface area contributed by atoms with Crippen LogP contribution in [0.15, 0.2) is 42.6 Å². The van der Waals surface area contributed by atoms with E-state index in [2.05, 4.69) is 15.2 Å². The van der Waals surface area contributed by atoms with E-state index in [9.17, 15) is 9.18 Å². The maximum atomic E-state index is 13.6. The first kappa shape index (κ1) is 13.5. The van der Waals surface area contributed by atoms with Crippen molar-refractivity contribution in [2.75, 3.05) is 23.3 Å². The quantitative estimate of drug-likeness (QED) is 0.881. The molecule has 108 valence electrons. The monoisotopic (exact) mass is 285 g/mol. The van der Waals surface area contributed by atoms with Crippen LogP contribution in [-0.4, -0.2) is 24.0 Å². The minimum absolute atomic E-state index is 0.0475. The molecule has 0 aliphatic carbocycles. The number of hydrogen-bond acceptors (Lipinski definition) is 3. The van der Waals surface area contributed by atoms with Gasteiger partial charge in [0.15, 0.2) is 0 Å². The van der Waals surface area contributed by atoms with Gasteiger partial charge >= 0.3 is 0 Å². The molecule has 1 aliphatic heterocycles. The number of halogens is 1. The van der Waals surface area contributed by atoms with Crippen molar-refractivity contribution in [2.24, 2.45) is 0 Å². The lowest BCUT2D eigenvalue weighted by Crippen LogP contribution is -2.21. The second-order valence-electron chi connectivity index (χ2n) is 5.01. The van der Waals surface area contributed by atoms with Crippen molar-refractivity contribution in [3.63, 3.8) is 0 Å². The molecule has 0 radical (unpaired) electrons. The number of carbonyl (C=O) groups excluding carboxylic acids is 1. The van der Waals surface area contributed by atoms with Crippen molar-refractivity contribution in [2.45, 2.75) is 12.8 Å². The second-order valence-corrected chi connectivity index (χ2v) is 5.01.